The van der Waals surface area contributed by atoms with Crippen molar-refractivity contribution in [3.63, 3.8) is 0 Å². The van der Waals surface area contributed by atoms with Crippen LogP contribution in [0.2, 0.25) is 0 Å². The van der Waals surface area contributed by atoms with Gasteiger partial charge in [-0.2, -0.15) is 0 Å². The quantitative estimate of drug-likeness (QED) is 0.842. The van der Waals surface area contributed by atoms with Crippen LogP contribution in [0, 0.1) is 0 Å². The molecule has 0 fully saturated rings. The number of halogens is 1. The third-order valence-corrected chi connectivity index (χ3v) is 2.38. The summed E-state index contributed by atoms with van der Waals surface area (Å²) in [6, 6.07) is 3.47. The number of nitrogens with one attached hydrogen (secondary N) is 1. The Morgan fingerprint density at radius 2 is 2.38 bits per heavy atom. The van der Waals surface area contributed by atoms with E-state index in [0.717, 1.165) is 5.76 Å². The second kappa shape index (κ2) is 6.55. The Morgan fingerprint density at radius 1 is 1.62 bits per heavy atom. The van der Waals surface area contributed by atoms with Crippen LogP contribution in [-0.4, -0.2) is 38.2 Å². The first kappa shape index (κ1) is 13.1. The van der Waals surface area contributed by atoms with Crippen LogP contribution >= 0.6 is 15.9 Å². The Bertz CT molecular complexity index is 341. The first-order valence-electron chi connectivity index (χ1n) is 4.85. The highest BCUT2D eigenvalue weighted by atomic mass is 79.9. The Kier molecular flexibility index (Phi) is 5.34. The van der Waals surface area contributed by atoms with E-state index in [4.69, 9.17) is 9.15 Å². The summed E-state index contributed by atoms with van der Waals surface area (Å²) in [6.07, 6.45) is 0. The Hall–Kier alpha value is -1.01. The molecule has 0 saturated heterocycles. The maximum Gasteiger partial charge on any atom is 0.317 e. The molecule has 0 spiro atoms. The third-order valence-electron chi connectivity index (χ3n) is 1.95. The number of nitrogens with zero attached hydrogens (tertiary/aromatic N) is 1. The van der Waals surface area contributed by atoms with Crippen molar-refractivity contribution in [2.75, 3.05) is 27.3 Å². The molecule has 1 aromatic heterocycles. The van der Waals surface area contributed by atoms with Crippen molar-refractivity contribution in [2.24, 2.45) is 0 Å². The van der Waals surface area contributed by atoms with Gasteiger partial charge >= 0.3 is 6.03 Å². The first-order chi connectivity index (χ1) is 7.63. The molecule has 2 amide bonds. The molecule has 0 aromatic carbocycles. The van der Waals surface area contributed by atoms with E-state index in [1.165, 1.54) is 0 Å². The van der Waals surface area contributed by atoms with E-state index in [1.54, 1.807) is 25.1 Å². The van der Waals surface area contributed by atoms with E-state index in [9.17, 15) is 4.79 Å². The topological polar surface area (TPSA) is 54.7 Å². The number of amides is 2. The van der Waals surface area contributed by atoms with Gasteiger partial charge in [0.2, 0.25) is 0 Å². The SMILES string of the molecule is COCCNC(=O)N(C)Cc1ccc(Br)o1. The Balaban J connectivity index is 2.34. The molecular weight excluding hydrogens is 276 g/mol. The number of hydrogen-bond acceptors (Lipinski definition) is 3. The zero-order chi connectivity index (χ0) is 12.0. The van der Waals surface area contributed by atoms with Gasteiger partial charge in [0.15, 0.2) is 4.67 Å². The lowest BCUT2D eigenvalue weighted by molar-refractivity contribution is 0.182. The lowest BCUT2D eigenvalue weighted by atomic mass is 10.4. The molecule has 0 atom stereocenters. The summed E-state index contributed by atoms with van der Waals surface area (Å²) in [7, 11) is 3.30. The molecule has 1 aromatic rings. The number of hydrogen-bond donors (Lipinski definition) is 1. The summed E-state index contributed by atoms with van der Waals surface area (Å²) in [6.45, 7) is 1.44. The van der Waals surface area contributed by atoms with Crippen LogP contribution in [-0.2, 0) is 11.3 Å². The Morgan fingerprint density at radius 3 is 2.94 bits per heavy atom. The highest BCUT2D eigenvalue weighted by Gasteiger charge is 2.10. The minimum absolute atomic E-state index is 0.149. The molecule has 0 aliphatic rings. The van der Waals surface area contributed by atoms with Gasteiger partial charge in [-0.3, -0.25) is 0 Å². The fraction of sp³-hybridized carbons (Fsp3) is 0.500. The Labute approximate surface area is 103 Å². The lowest BCUT2D eigenvalue weighted by Crippen LogP contribution is -2.38. The fourth-order valence-electron chi connectivity index (χ4n) is 1.14. The van der Waals surface area contributed by atoms with Crippen LogP contribution in [0.1, 0.15) is 5.76 Å². The van der Waals surface area contributed by atoms with Gasteiger partial charge in [-0.25, -0.2) is 4.79 Å². The van der Waals surface area contributed by atoms with Crippen molar-refractivity contribution >= 4 is 22.0 Å². The van der Waals surface area contributed by atoms with Crippen molar-refractivity contribution < 1.29 is 13.9 Å². The largest absolute Gasteiger partial charge is 0.452 e. The monoisotopic (exact) mass is 290 g/mol. The maximum atomic E-state index is 11.5. The number of carbonyl (C=O) groups is 1. The van der Waals surface area contributed by atoms with Gasteiger partial charge in [0, 0.05) is 20.7 Å². The summed E-state index contributed by atoms with van der Waals surface area (Å²) in [5, 5.41) is 2.72. The fourth-order valence-corrected chi connectivity index (χ4v) is 1.48. The molecule has 0 aliphatic heterocycles. The van der Waals surface area contributed by atoms with Gasteiger partial charge in [0.1, 0.15) is 5.76 Å². The van der Waals surface area contributed by atoms with Crippen LogP contribution in [0.3, 0.4) is 0 Å². The zero-order valence-corrected chi connectivity index (χ0v) is 10.9. The van der Waals surface area contributed by atoms with E-state index in [-0.39, 0.29) is 6.03 Å². The molecule has 0 radical (unpaired) electrons. The van der Waals surface area contributed by atoms with Gasteiger partial charge in [0.25, 0.3) is 0 Å². The predicted octanol–water partition coefficient (Wildman–Crippen LogP) is 1.83. The lowest BCUT2D eigenvalue weighted by Gasteiger charge is -2.16. The van der Waals surface area contributed by atoms with Gasteiger partial charge in [0.05, 0.1) is 13.2 Å². The van der Waals surface area contributed by atoms with E-state index < -0.39 is 0 Å². The average Bonchev–Trinajstić information content (AvgIpc) is 2.64. The molecule has 1 rings (SSSR count). The molecule has 16 heavy (non-hydrogen) atoms. The van der Waals surface area contributed by atoms with Gasteiger partial charge < -0.3 is 19.4 Å². The molecule has 0 saturated carbocycles. The van der Waals surface area contributed by atoms with Crippen LogP contribution in [0.15, 0.2) is 21.2 Å². The smallest absolute Gasteiger partial charge is 0.317 e. The predicted molar refractivity (Wildman–Crippen MR) is 63.1 cm³/mol. The van der Waals surface area contributed by atoms with E-state index in [0.29, 0.717) is 24.4 Å². The van der Waals surface area contributed by atoms with E-state index in [2.05, 4.69) is 21.2 Å². The van der Waals surface area contributed by atoms with E-state index in [1.807, 2.05) is 6.07 Å². The average molecular weight is 291 g/mol. The highest BCUT2D eigenvalue weighted by molar-refractivity contribution is 9.10. The summed E-state index contributed by atoms with van der Waals surface area (Å²) in [4.78, 5) is 13.1. The summed E-state index contributed by atoms with van der Waals surface area (Å²) in [5.41, 5.74) is 0. The molecule has 1 N–H and O–H groups in total. The van der Waals surface area contributed by atoms with Crippen LogP contribution in [0.25, 0.3) is 0 Å². The van der Waals surface area contributed by atoms with Crippen molar-refractivity contribution in [1.82, 2.24) is 10.2 Å². The van der Waals surface area contributed by atoms with Crippen LogP contribution in [0.4, 0.5) is 4.79 Å². The second-order valence-corrected chi connectivity index (χ2v) is 4.07. The number of methoxy groups -OCH3 is 1. The van der Waals surface area contributed by atoms with Crippen molar-refractivity contribution in [3.8, 4) is 0 Å². The van der Waals surface area contributed by atoms with Crippen LogP contribution in [0.5, 0.6) is 0 Å². The van der Waals surface area contributed by atoms with Crippen LogP contribution < -0.4 is 5.32 Å². The molecule has 0 aliphatic carbocycles. The van der Waals surface area contributed by atoms with Gasteiger partial charge in [-0.05, 0) is 28.1 Å². The summed E-state index contributed by atoms with van der Waals surface area (Å²) in [5.74, 6) is 0.733. The number of carbonyl (C=O) groups excluding carboxylic acids is 1. The van der Waals surface area contributed by atoms with Gasteiger partial charge in [-0.15, -0.1) is 0 Å². The van der Waals surface area contributed by atoms with Crippen molar-refractivity contribution in [2.45, 2.75) is 6.54 Å². The molecule has 90 valence electrons. The number of furan rings is 1. The second-order valence-electron chi connectivity index (χ2n) is 3.29. The number of ether oxygens (including phenoxy) is 1. The van der Waals surface area contributed by atoms with Crippen molar-refractivity contribution in [3.05, 3.63) is 22.6 Å². The number of urea groups is 1. The minimum Gasteiger partial charge on any atom is -0.452 e. The number of rotatable bonds is 5. The highest BCUT2D eigenvalue weighted by Crippen LogP contribution is 2.15. The maximum absolute atomic E-state index is 11.5. The summed E-state index contributed by atoms with van der Waals surface area (Å²) < 4.78 is 10.8. The molecule has 0 unspecified atom stereocenters. The molecule has 1 heterocycles. The standard InChI is InChI=1S/C10H15BrN2O3/c1-13(10(14)12-5-6-15-2)7-8-3-4-9(11)16-8/h3-4H,5-7H2,1-2H3,(H,12,14). The first-order valence-corrected chi connectivity index (χ1v) is 5.65. The van der Waals surface area contributed by atoms with Crippen molar-refractivity contribution in [1.29, 1.82) is 0 Å². The zero-order valence-electron chi connectivity index (χ0n) is 9.33. The molecule has 5 nitrogen and oxygen atoms in total. The molecule has 6 heteroatoms. The normalized spacial score (nSPS) is 10.2. The molecular formula is C10H15BrN2O3. The summed E-state index contributed by atoms with van der Waals surface area (Å²) >= 11 is 3.21. The molecule has 0 bridgehead atoms. The van der Waals surface area contributed by atoms with E-state index >= 15 is 0 Å². The van der Waals surface area contributed by atoms with Gasteiger partial charge in [-0.1, -0.05) is 0 Å². The minimum atomic E-state index is -0.149. The third kappa shape index (κ3) is 4.24.